The molecule has 1 heterocycles. The summed E-state index contributed by atoms with van der Waals surface area (Å²) in [5, 5.41) is 13.6. The van der Waals surface area contributed by atoms with Crippen LogP contribution in [0.15, 0.2) is 95.2 Å². The van der Waals surface area contributed by atoms with Crippen molar-refractivity contribution in [2.75, 3.05) is 5.75 Å². The topological polar surface area (TPSA) is 72.2 Å². The van der Waals surface area contributed by atoms with Crippen molar-refractivity contribution >= 4 is 23.4 Å². The van der Waals surface area contributed by atoms with Gasteiger partial charge in [0.15, 0.2) is 11.0 Å². The maximum atomic E-state index is 12.4. The molecule has 33 heavy (non-hydrogen) atoms. The van der Waals surface area contributed by atoms with Crippen molar-refractivity contribution in [3.63, 3.8) is 0 Å². The van der Waals surface area contributed by atoms with Crippen molar-refractivity contribution in [3.05, 3.63) is 90.5 Å². The molecule has 0 bridgehead atoms. The van der Waals surface area contributed by atoms with Crippen LogP contribution in [0.5, 0.6) is 0 Å². The highest BCUT2D eigenvalue weighted by Gasteiger charge is 2.14. The van der Waals surface area contributed by atoms with Crippen LogP contribution in [0, 0.1) is 0 Å². The van der Waals surface area contributed by atoms with Crippen molar-refractivity contribution in [1.29, 1.82) is 0 Å². The van der Waals surface area contributed by atoms with Gasteiger partial charge >= 0.3 is 0 Å². The summed E-state index contributed by atoms with van der Waals surface area (Å²) in [4.78, 5) is 12.4. The summed E-state index contributed by atoms with van der Waals surface area (Å²) >= 11 is 1.35. The molecule has 4 aromatic rings. The number of thioether (sulfide) groups is 1. The normalized spacial score (nSPS) is 11.4. The fourth-order valence-electron chi connectivity index (χ4n) is 3.39. The molecule has 4 rings (SSSR count). The zero-order valence-corrected chi connectivity index (χ0v) is 19.4. The molecule has 1 amide bonds. The Balaban J connectivity index is 1.35. The van der Waals surface area contributed by atoms with Gasteiger partial charge in [0.25, 0.3) is 5.91 Å². The highest BCUT2D eigenvalue weighted by molar-refractivity contribution is 7.99. The molecule has 166 valence electrons. The number of hydrogen-bond donors (Lipinski definition) is 1. The number of aromatic nitrogens is 3. The van der Waals surface area contributed by atoms with Crippen molar-refractivity contribution in [3.8, 4) is 22.5 Å². The van der Waals surface area contributed by atoms with Gasteiger partial charge in [-0.2, -0.15) is 5.10 Å². The average Bonchev–Trinajstić information content (AvgIpc) is 3.30. The molecule has 0 radical (unpaired) electrons. The summed E-state index contributed by atoms with van der Waals surface area (Å²) in [5.41, 5.74) is 7.66. The van der Waals surface area contributed by atoms with Crippen LogP contribution in [-0.2, 0) is 11.3 Å². The van der Waals surface area contributed by atoms with Gasteiger partial charge in [-0.15, -0.1) is 10.2 Å². The number of nitrogens with one attached hydrogen (secondary N) is 1. The first kappa shape index (κ1) is 22.5. The lowest BCUT2D eigenvalue weighted by Gasteiger charge is -2.07. The lowest BCUT2D eigenvalue weighted by atomic mass is 10.0. The maximum Gasteiger partial charge on any atom is 0.250 e. The van der Waals surface area contributed by atoms with Gasteiger partial charge in [0.05, 0.1) is 11.5 Å². The highest BCUT2D eigenvalue weighted by atomic mass is 32.2. The number of hydrogen-bond acceptors (Lipinski definition) is 5. The summed E-state index contributed by atoms with van der Waals surface area (Å²) < 4.78 is 2.01. The van der Waals surface area contributed by atoms with E-state index in [1.54, 1.807) is 0 Å². The minimum absolute atomic E-state index is 0.188. The zero-order valence-electron chi connectivity index (χ0n) is 18.6. The van der Waals surface area contributed by atoms with Crippen LogP contribution in [0.3, 0.4) is 0 Å². The second-order valence-electron chi connectivity index (χ2n) is 7.38. The minimum Gasteiger partial charge on any atom is -0.302 e. The Labute approximate surface area is 197 Å². The second-order valence-corrected chi connectivity index (χ2v) is 8.32. The van der Waals surface area contributed by atoms with E-state index in [0.717, 1.165) is 34.8 Å². The van der Waals surface area contributed by atoms with E-state index < -0.39 is 0 Å². The first-order chi connectivity index (χ1) is 16.2. The molecule has 0 atom stereocenters. The largest absolute Gasteiger partial charge is 0.302 e. The first-order valence-corrected chi connectivity index (χ1v) is 11.7. The number of amides is 1. The molecule has 7 heteroatoms. The van der Waals surface area contributed by atoms with E-state index in [1.165, 1.54) is 17.3 Å². The van der Waals surface area contributed by atoms with E-state index in [2.05, 4.69) is 45.0 Å². The van der Waals surface area contributed by atoms with E-state index in [4.69, 9.17) is 0 Å². The predicted molar refractivity (Wildman–Crippen MR) is 134 cm³/mol. The lowest BCUT2D eigenvalue weighted by molar-refractivity contribution is -0.118. The Hall–Kier alpha value is -3.71. The molecule has 0 fully saturated rings. The number of carbonyl (C=O) groups is 1. The second kappa shape index (κ2) is 10.7. The Bertz CT molecular complexity index is 1230. The standard InChI is InChI=1S/C26H25N5OS/c1-3-31-25(23-12-8-5-9-13-23)29-30-26(31)33-18-24(32)28-27-19(2)20-14-16-22(17-15-20)21-10-6-4-7-11-21/h4-17H,3,18H2,1-2H3,(H,28,32)/b27-19-. The molecule has 0 saturated heterocycles. The molecule has 1 N–H and O–H groups in total. The summed E-state index contributed by atoms with van der Waals surface area (Å²) in [6.07, 6.45) is 0. The number of hydrazone groups is 1. The number of rotatable bonds is 8. The van der Waals surface area contributed by atoms with Crippen molar-refractivity contribution in [2.45, 2.75) is 25.5 Å². The molecular weight excluding hydrogens is 430 g/mol. The number of nitrogens with zero attached hydrogens (tertiary/aromatic N) is 4. The Kier molecular flexibility index (Phi) is 7.32. The lowest BCUT2D eigenvalue weighted by Crippen LogP contribution is -2.21. The van der Waals surface area contributed by atoms with Crippen LogP contribution in [0.25, 0.3) is 22.5 Å². The monoisotopic (exact) mass is 455 g/mol. The van der Waals surface area contributed by atoms with Crippen LogP contribution in [-0.4, -0.2) is 32.1 Å². The Morgan fingerprint density at radius 2 is 1.48 bits per heavy atom. The fourth-order valence-corrected chi connectivity index (χ4v) is 4.18. The molecule has 0 unspecified atom stereocenters. The summed E-state index contributed by atoms with van der Waals surface area (Å²) in [5.74, 6) is 0.817. The fraction of sp³-hybridized carbons (Fsp3) is 0.154. The van der Waals surface area contributed by atoms with Crippen LogP contribution in [0.1, 0.15) is 19.4 Å². The third-order valence-electron chi connectivity index (χ3n) is 5.16. The molecule has 0 aliphatic rings. The third kappa shape index (κ3) is 5.56. The van der Waals surface area contributed by atoms with Gasteiger partial charge in [-0.05, 0) is 30.5 Å². The Morgan fingerprint density at radius 3 is 2.12 bits per heavy atom. The first-order valence-electron chi connectivity index (χ1n) is 10.8. The molecule has 0 saturated carbocycles. The maximum absolute atomic E-state index is 12.4. The summed E-state index contributed by atoms with van der Waals surface area (Å²) in [6.45, 7) is 4.64. The number of benzene rings is 3. The molecule has 6 nitrogen and oxygen atoms in total. The van der Waals surface area contributed by atoms with Gasteiger partial charge in [0, 0.05) is 12.1 Å². The molecule has 3 aromatic carbocycles. The smallest absolute Gasteiger partial charge is 0.250 e. The van der Waals surface area contributed by atoms with Crippen LogP contribution >= 0.6 is 11.8 Å². The van der Waals surface area contributed by atoms with Crippen molar-refractivity contribution in [2.24, 2.45) is 5.10 Å². The predicted octanol–water partition coefficient (Wildman–Crippen LogP) is 5.26. The van der Waals surface area contributed by atoms with E-state index in [1.807, 2.05) is 79.1 Å². The highest BCUT2D eigenvalue weighted by Crippen LogP contribution is 2.23. The van der Waals surface area contributed by atoms with E-state index >= 15 is 0 Å². The summed E-state index contributed by atoms with van der Waals surface area (Å²) in [6, 6.07) is 28.3. The SMILES string of the molecule is CCn1c(SCC(=O)N/N=C(/C)c2ccc(-c3ccccc3)cc2)nnc1-c1ccccc1. The van der Waals surface area contributed by atoms with E-state index in [0.29, 0.717) is 5.16 Å². The van der Waals surface area contributed by atoms with E-state index in [9.17, 15) is 4.79 Å². The number of carbonyl (C=O) groups excluding carboxylic acids is 1. The molecular formula is C26H25N5OS. The molecule has 0 aliphatic carbocycles. The van der Waals surface area contributed by atoms with Gasteiger partial charge in [0.2, 0.25) is 0 Å². The van der Waals surface area contributed by atoms with Gasteiger partial charge in [0.1, 0.15) is 0 Å². The molecule has 1 aromatic heterocycles. The van der Waals surface area contributed by atoms with Crippen LogP contribution in [0.4, 0.5) is 0 Å². The van der Waals surface area contributed by atoms with Crippen molar-refractivity contribution in [1.82, 2.24) is 20.2 Å². The Morgan fingerprint density at radius 1 is 0.879 bits per heavy atom. The summed E-state index contributed by atoms with van der Waals surface area (Å²) in [7, 11) is 0. The van der Waals surface area contributed by atoms with Crippen LogP contribution in [0.2, 0.25) is 0 Å². The average molecular weight is 456 g/mol. The van der Waals surface area contributed by atoms with Crippen molar-refractivity contribution < 1.29 is 4.79 Å². The van der Waals surface area contributed by atoms with Crippen LogP contribution < -0.4 is 5.43 Å². The van der Waals surface area contributed by atoms with Gasteiger partial charge < -0.3 is 4.57 Å². The minimum atomic E-state index is -0.188. The van der Waals surface area contributed by atoms with Gasteiger partial charge in [-0.25, -0.2) is 5.43 Å². The quantitative estimate of drug-likeness (QED) is 0.223. The van der Waals surface area contributed by atoms with Gasteiger partial charge in [-0.3, -0.25) is 4.79 Å². The van der Waals surface area contributed by atoms with E-state index in [-0.39, 0.29) is 11.7 Å². The molecule has 0 spiro atoms. The molecule has 0 aliphatic heterocycles. The third-order valence-corrected chi connectivity index (χ3v) is 6.12. The zero-order chi connectivity index (χ0) is 23.0. The van der Waals surface area contributed by atoms with Gasteiger partial charge in [-0.1, -0.05) is 96.7 Å².